The van der Waals surface area contributed by atoms with Gasteiger partial charge in [0.2, 0.25) is 0 Å². The molecule has 1 fully saturated rings. The Hall–Kier alpha value is -1.64. The first-order valence-electron chi connectivity index (χ1n) is 10.3. The Bertz CT molecular complexity index is 647. The lowest BCUT2D eigenvalue weighted by molar-refractivity contribution is 0.153. The Kier molecular flexibility index (Phi) is 7.28. The molecule has 1 aliphatic rings. The van der Waals surface area contributed by atoms with E-state index in [1.165, 1.54) is 47.9 Å². The average molecular weight is 352 g/mol. The first kappa shape index (κ1) is 19.1. The smallest absolute Gasteiger partial charge is 0.0587 e. The third kappa shape index (κ3) is 5.43. The van der Waals surface area contributed by atoms with Crippen molar-refractivity contribution >= 4 is 0 Å². The summed E-state index contributed by atoms with van der Waals surface area (Å²) in [5, 5.41) is 9.45. The van der Waals surface area contributed by atoms with Gasteiger partial charge in [-0.1, -0.05) is 61.9 Å². The zero-order chi connectivity index (χ0) is 18.2. The molecule has 2 aromatic rings. The van der Waals surface area contributed by atoms with E-state index in [0.29, 0.717) is 6.04 Å². The maximum atomic E-state index is 9.45. The standard InChI is InChI=1S/C24H33NO/c1-2-3-5-20-7-9-21(10-8-20)11-12-22-13-15-23(16-14-22)18-25-17-4-6-24(25)19-26/h7-10,13-16,24,26H,2-6,11-12,17-19H2,1H3/t24-/m1/s1. The van der Waals surface area contributed by atoms with Crippen molar-refractivity contribution in [1.29, 1.82) is 0 Å². The molecule has 1 aliphatic heterocycles. The highest BCUT2D eigenvalue weighted by Gasteiger charge is 2.23. The van der Waals surface area contributed by atoms with Crippen molar-refractivity contribution in [3.05, 3.63) is 70.8 Å². The van der Waals surface area contributed by atoms with Gasteiger partial charge in [-0.2, -0.15) is 0 Å². The number of hydrogen-bond donors (Lipinski definition) is 1. The van der Waals surface area contributed by atoms with Gasteiger partial charge in [0.15, 0.2) is 0 Å². The van der Waals surface area contributed by atoms with Gasteiger partial charge in [0.25, 0.3) is 0 Å². The minimum Gasteiger partial charge on any atom is -0.395 e. The van der Waals surface area contributed by atoms with Crippen molar-refractivity contribution in [3.8, 4) is 0 Å². The molecule has 0 spiro atoms. The number of aliphatic hydroxyl groups is 1. The Morgan fingerprint density at radius 1 is 0.846 bits per heavy atom. The summed E-state index contributed by atoms with van der Waals surface area (Å²) < 4.78 is 0. The number of benzene rings is 2. The molecule has 0 radical (unpaired) electrons. The Morgan fingerprint density at radius 2 is 1.38 bits per heavy atom. The van der Waals surface area contributed by atoms with E-state index in [1.807, 2.05) is 0 Å². The lowest BCUT2D eigenvalue weighted by Gasteiger charge is -2.22. The summed E-state index contributed by atoms with van der Waals surface area (Å²) >= 11 is 0. The maximum Gasteiger partial charge on any atom is 0.0587 e. The lowest BCUT2D eigenvalue weighted by Crippen LogP contribution is -2.31. The number of aryl methyl sites for hydroxylation is 3. The quantitative estimate of drug-likeness (QED) is 0.703. The molecule has 2 aromatic carbocycles. The number of nitrogens with zero attached hydrogens (tertiary/aromatic N) is 1. The molecule has 1 N–H and O–H groups in total. The number of hydrogen-bond acceptors (Lipinski definition) is 2. The van der Waals surface area contributed by atoms with Crippen LogP contribution in [0.2, 0.25) is 0 Å². The molecule has 0 amide bonds. The van der Waals surface area contributed by atoms with Crippen LogP contribution in [-0.4, -0.2) is 29.2 Å². The van der Waals surface area contributed by atoms with E-state index in [4.69, 9.17) is 0 Å². The SMILES string of the molecule is CCCCc1ccc(CCc2ccc(CN3CCC[C@@H]3CO)cc2)cc1. The van der Waals surface area contributed by atoms with Gasteiger partial charge in [-0.25, -0.2) is 0 Å². The van der Waals surface area contributed by atoms with E-state index >= 15 is 0 Å². The fourth-order valence-electron chi connectivity index (χ4n) is 3.90. The molecule has 2 nitrogen and oxygen atoms in total. The second-order valence-corrected chi connectivity index (χ2v) is 7.69. The van der Waals surface area contributed by atoms with Gasteiger partial charge < -0.3 is 5.11 Å². The highest BCUT2D eigenvalue weighted by molar-refractivity contribution is 5.26. The normalized spacial score (nSPS) is 17.7. The third-order valence-corrected chi connectivity index (χ3v) is 5.66. The average Bonchev–Trinajstić information content (AvgIpc) is 3.14. The summed E-state index contributed by atoms with van der Waals surface area (Å²) in [6, 6.07) is 18.6. The molecule has 0 bridgehead atoms. The van der Waals surface area contributed by atoms with E-state index in [0.717, 1.165) is 32.4 Å². The predicted molar refractivity (Wildman–Crippen MR) is 109 cm³/mol. The van der Waals surface area contributed by atoms with E-state index < -0.39 is 0 Å². The van der Waals surface area contributed by atoms with Crippen molar-refractivity contribution in [3.63, 3.8) is 0 Å². The summed E-state index contributed by atoms with van der Waals surface area (Å²) in [4.78, 5) is 2.41. The zero-order valence-electron chi connectivity index (χ0n) is 16.2. The van der Waals surface area contributed by atoms with Gasteiger partial charge in [-0.3, -0.25) is 4.90 Å². The highest BCUT2D eigenvalue weighted by Crippen LogP contribution is 2.20. The summed E-state index contributed by atoms with van der Waals surface area (Å²) in [5.41, 5.74) is 5.65. The van der Waals surface area contributed by atoms with Crippen molar-refractivity contribution in [1.82, 2.24) is 4.90 Å². The number of aliphatic hydroxyl groups excluding tert-OH is 1. The zero-order valence-corrected chi connectivity index (χ0v) is 16.2. The van der Waals surface area contributed by atoms with E-state index in [-0.39, 0.29) is 6.61 Å². The molecule has 1 saturated heterocycles. The van der Waals surface area contributed by atoms with Crippen LogP contribution in [-0.2, 0) is 25.8 Å². The second kappa shape index (κ2) is 9.89. The molecule has 1 atom stereocenters. The van der Waals surface area contributed by atoms with Crippen LogP contribution in [0.25, 0.3) is 0 Å². The molecule has 140 valence electrons. The van der Waals surface area contributed by atoms with E-state index in [1.54, 1.807) is 0 Å². The summed E-state index contributed by atoms with van der Waals surface area (Å²) in [7, 11) is 0. The van der Waals surface area contributed by atoms with Gasteiger partial charge in [0.1, 0.15) is 0 Å². The van der Waals surface area contributed by atoms with Crippen molar-refractivity contribution in [2.75, 3.05) is 13.2 Å². The van der Waals surface area contributed by atoms with Crippen molar-refractivity contribution in [2.24, 2.45) is 0 Å². The molecule has 0 aliphatic carbocycles. The fourth-order valence-corrected chi connectivity index (χ4v) is 3.90. The first-order chi connectivity index (χ1) is 12.8. The van der Waals surface area contributed by atoms with Crippen LogP contribution >= 0.6 is 0 Å². The van der Waals surface area contributed by atoms with Crippen molar-refractivity contribution < 1.29 is 5.11 Å². The van der Waals surface area contributed by atoms with Crippen LogP contribution < -0.4 is 0 Å². The molecular weight excluding hydrogens is 318 g/mol. The molecule has 0 aromatic heterocycles. The van der Waals surface area contributed by atoms with Crippen molar-refractivity contribution in [2.45, 2.75) is 64.5 Å². The molecule has 0 saturated carbocycles. The summed E-state index contributed by atoms with van der Waals surface area (Å²) in [6.45, 7) is 4.61. The molecule has 26 heavy (non-hydrogen) atoms. The molecule has 2 heteroatoms. The first-order valence-corrected chi connectivity index (χ1v) is 10.3. The lowest BCUT2D eigenvalue weighted by atomic mass is 10.0. The fraction of sp³-hybridized carbons (Fsp3) is 0.500. The van der Waals surface area contributed by atoms with E-state index in [9.17, 15) is 5.11 Å². The van der Waals surface area contributed by atoms with Crippen LogP contribution in [0.4, 0.5) is 0 Å². The predicted octanol–water partition coefficient (Wildman–Crippen LogP) is 4.77. The molecule has 0 unspecified atom stereocenters. The minimum absolute atomic E-state index is 0.287. The highest BCUT2D eigenvalue weighted by atomic mass is 16.3. The van der Waals surface area contributed by atoms with Gasteiger partial charge in [0.05, 0.1) is 6.61 Å². The van der Waals surface area contributed by atoms with Crippen LogP contribution in [0.5, 0.6) is 0 Å². The Labute approximate surface area is 158 Å². The molecule has 3 rings (SSSR count). The third-order valence-electron chi connectivity index (χ3n) is 5.66. The van der Waals surface area contributed by atoms with Crippen LogP contribution in [0.15, 0.2) is 48.5 Å². The van der Waals surface area contributed by atoms with Gasteiger partial charge in [-0.15, -0.1) is 0 Å². The Morgan fingerprint density at radius 3 is 1.92 bits per heavy atom. The second-order valence-electron chi connectivity index (χ2n) is 7.69. The number of unbranched alkanes of at least 4 members (excludes halogenated alkanes) is 1. The largest absolute Gasteiger partial charge is 0.395 e. The van der Waals surface area contributed by atoms with Crippen LogP contribution in [0.3, 0.4) is 0 Å². The molecule has 1 heterocycles. The van der Waals surface area contributed by atoms with Gasteiger partial charge in [0, 0.05) is 12.6 Å². The summed E-state index contributed by atoms with van der Waals surface area (Å²) in [5.74, 6) is 0. The van der Waals surface area contributed by atoms with E-state index in [2.05, 4.69) is 60.4 Å². The maximum absolute atomic E-state index is 9.45. The van der Waals surface area contributed by atoms with Gasteiger partial charge in [-0.05, 0) is 67.3 Å². The summed E-state index contributed by atoms with van der Waals surface area (Å²) in [6.07, 6.45) is 8.28. The molecular formula is C24H33NO. The monoisotopic (exact) mass is 351 g/mol. The Balaban J connectivity index is 1.48. The minimum atomic E-state index is 0.287. The topological polar surface area (TPSA) is 23.5 Å². The van der Waals surface area contributed by atoms with Crippen LogP contribution in [0, 0.1) is 0 Å². The number of likely N-dealkylation sites (tertiary alicyclic amines) is 1. The van der Waals surface area contributed by atoms with Crippen LogP contribution in [0.1, 0.15) is 54.9 Å². The number of rotatable bonds is 9. The van der Waals surface area contributed by atoms with Gasteiger partial charge >= 0.3 is 0 Å².